The van der Waals surface area contributed by atoms with Crippen LogP contribution in [-0.4, -0.2) is 22.2 Å². The Morgan fingerprint density at radius 3 is 1.94 bits per heavy atom. The number of aryl methyl sites for hydroxylation is 1. The summed E-state index contributed by atoms with van der Waals surface area (Å²) in [7, 11) is 0. The summed E-state index contributed by atoms with van der Waals surface area (Å²) in [5.74, 6) is 0. The number of nitrogens with zero attached hydrogens (tertiary/aromatic N) is 1. The molecule has 0 saturated carbocycles. The van der Waals surface area contributed by atoms with Gasteiger partial charge in [-0.15, -0.1) is 0 Å². The van der Waals surface area contributed by atoms with E-state index in [0.717, 1.165) is 4.90 Å². The van der Waals surface area contributed by atoms with Crippen molar-refractivity contribution >= 4 is 17.0 Å². The van der Waals surface area contributed by atoms with E-state index in [9.17, 15) is 4.79 Å². The molecular formula is C14H21NOS. The summed E-state index contributed by atoms with van der Waals surface area (Å²) >= 11 is 1.30. The van der Waals surface area contributed by atoms with Crippen molar-refractivity contribution in [3.63, 3.8) is 0 Å². The molecule has 17 heavy (non-hydrogen) atoms. The second-order valence-corrected chi connectivity index (χ2v) is 5.80. The monoisotopic (exact) mass is 251 g/mol. The fourth-order valence-corrected chi connectivity index (χ4v) is 2.78. The molecule has 0 N–H and O–H groups in total. The molecule has 0 fully saturated rings. The quantitative estimate of drug-likeness (QED) is 0.745. The van der Waals surface area contributed by atoms with Crippen LogP contribution in [0, 0.1) is 6.92 Å². The van der Waals surface area contributed by atoms with Crippen LogP contribution in [0.2, 0.25) is 0 Å². The van der Waals surface area contributed by atoms with E-state index >= 15 is 0 Å². The predicted molar refractivity (Wildman–Crippen MR) is 74.5 cm³/mol. The highest BCUT2D eigenvalue weighted by Gasteiger charge is 2.20. The zero-order chi connectivity index (χ0) is 13.0. The normalized spacial score (nSPS) is 11.0. The summed E-state index contributed by atoms with van der Waals surface area (Å²) in [5, 5.41) is 0.124. The second kappa shape index (κ2) is 6.10. The van der Waals surface area contributed by atoms with Crippen LogP contribution in [0.5, 0.6) is 0 Å². The average Bonchev–Trinajstić information content (AvgIpc) is 2.20. The summed E-state index contributed by atoms with van der Waals surface area (Å²) in [6.07, 6.45) is 0. The Balaban J connectivity index is 2.73. The summed E-state index contributed by atoms with van der Waals surface area (Å²) < 4.78 is 0. The Bertz CT molecular complexity index is 362. The average molecular weight is 251 g/mol. The van der Waals surface area contributed by atoms with Crippen LogP contribution in [0.15, 0.2) is 29.2 Å². The molecule has 2 nitrogen and oxygen atoms in total. The van der Waals surface area contributed by atoms with Gasteiger partial charge in [-0.2, -0.15) is 0 Å². The summed E-state index contributed by atoms with van der Waals surface area (Å²) in [6, 6.07) is 8.53. The third kappa shape index (κ3) is 4.08. The first-order valence-corrected chi connectivity index (χ1v) is 6.80. The van der Waals surface area contributed by atoms with Gasteiger partial charge in [0.2, 0.25) is 0 Å². The van der Waals surface area contributed by atoms with Crippen molar-refractivity contribution < 1.29 is 4.79 Å². The third-order valence-electron chi connectivity index (χ3n) is 2.55. The number of rotatable bonds is 3. The van der Waals surface area contributed by atoms with E-state index < -0.39 is 0 Å². The van der Waals surface area contributed by atoms with Gasteiger partial charge in [-0.25, -0.2) is 0 Å². The second-order valence-electron chi connectivity index (χ2n) is 4.78. The first-order valence-electron chi connectivity index (χ1n) is 5.98. The van der Waals surface area contributed by atoms with Crippen molar-refractivity contribution in [3.05, 3.63) is 29.8 Å². The molecule has 3 heteroatoms. The Kier molecular flexibility index (Phi) is 5.06. The standard InChI is InChI=1S/C14H21NOS/c1-10(2)15(11(3)4)14(16)17-13-8-6-12(5)7-9-13/h6-11H,1-5H3. The van der Waals surface area contributed by atoms with Crippen LogP contribution >= 0.6 is 11.8 Å². The fourth-order valence-electron chi connectivity index (χ4n) is 1.78. The highest BCUT2D eigenvalue weighted by atomic mass is 32.2. The molecule has 0 saturated heterocycles. The van der Waals surface area contributed by atoms with Crippen molar-refractivity contribution in [1.82, 2.24) is 4.90 Å². The highest BCUT2D eigenvalue weighted by molar-refractivity contribution is 8.13. The largest absolute Gasteiger partial charge is 0.328 e. The van der Waals surface area contributed by atoms with Crippen molar-refractivity contribution in [2.24, 2.45) is 0 Å². The lowest BCUT2D eigenvalue weighted by Crippen LogP contribution is -2.39. The minimum atomic E-state index is 0.124. The molecular weight excluding hydrogens is 230 g/mol. The molecule has 94 valence electrons. The van der Waals surface area contributed by atoms with Crippen molar-refractivity contribution in [2.75, 3.05) is 0 Å². The fraction of sp³-hybridized carbons (Fsp3) is 0.500. The lowest BCUT2D eigenvalue weighted by Gasteiger charge is -2.30. The number of amides is 1. The number of carbonyl (C=O) groups excluding carboxylic acids is 1. The van der Waals surface area contributed by atoms with E-state index in [1.807, 2.05) is 63.8 Å². The molecule has 0 spiro atoms. The number of thioether (sulfide) groups is 1. The molecule has 0 radical (unpaired) electrons. The summed E-state index contributed by atoms with van der Waals surface area (Å²) in [6.45, 7) is 10.2. The molecule has 1 rings (SSSR count). The maximum Gasteiger partial charge on any atom is 0.286 e. The van der Waals surface area contributed by atoms with Crippen molar-refractivity contribution in [3.8, 4) is 0 Å². The number of carbonyl (C=O) groups is 1. The lowest BCUT2D eigenvalue weighted by atomic mass is 10.2. The van der Waals surface area contributed by atoms with Crippen LogP contribution in [0.25, 0.3) is 0 Å². The van der Waals surface area contributed by atoms with Gasteiger partial charge in [0.25, 0.3) is 5.24 Å². The van der Waals surface area contributed by atoms with Crippen LogP contribution in [-0.2, 0) is 0 Å². The SMILES string of the molecule is Cc1ccc(SC(=O)N(C(C)C)C(C)C)cc1. The molecule has 0 aromatic heterocycles. The predicted octanol–water partition coefficient (Wildman–Crippen LogP) is 4.33. The first kappa shape index (κ1) is 14.1. The topological polar surface area (TPSA) is 20.3 Å². The van der Waals surface area contributed by atoms with Gasteiger partial charge in [0.15, 0.2) is 0 Å². The Morgan fingerprint density at radius 2 is 1.53 bits per heavy atom. The molecule has 0 unspecified atom stereocenters. The van der Waals surface area contributed by atoms with Gasteiger partial charge < -0.3 is 4.90 Å². The molecule has 0 bridgehead atoms. The van der Waals surface area contributed by atoms with Crippen molar-refractivity contribution in [1.29, 1.82) is 0 Å². The van der Waals surface area contributed by atoms with E-state index in [-0.39, 0.29) is 17.3 Å². The number of hydrogen-bond donors (Lipinski definition) is 0. The van der Waals surface area contributed by atoms with E-state index in [0.29, 0.717) is 0 Å². The maximum atomic E-state index is 12.2. The first-order chi connectivity index (χ1) is 7.91. The maximum absolute atomic E-state index is 12.2. The molecule has 0 aliphatic rings. The molecule has 0 aliphatic carbocycles. The molecule has 0 aliphatic heterocycles. The minimum Gasteiger partial charge on any atom is -0.328 e. The molecule has 1 aromatic carbocycles. The van der Waals surface area contributed by atoms with Crippen LogP contribution < -0.4 is 0 Å². The number of benzene rings is 1. The van der Waals surface area contributed by atoms with Gasteiger partial charge in [0.05, 0.1) is 0 Å². The number of hydrogen-bond acceptors (Lipinski definition) is 2. The van der Waals surface area contributed by atoms with E-state index in [4.69, 9.17) is 0 Å². The van der Waals surface area contributed by atoms with Crippen LogP contribution in [0.3, 0.4) is 0 Å². The minimum absolute atomic E-state index is 0.124. The Morgan fingerprint density at radius 1 is 1.06 bits per heavy atom. The van der Waals surface area contributed by atoms with Gasteiger partial charge in [0.1, 0.15) is 0 Å². The zero-order valence-electron chi connectivity index (χ0n) is 11.2. The molecule has 1 aromatic rings. The van der Waals surface area contributed by atoms with E-state index in [1.54, 1.807) is 0 Å². The van der Waals surface area contributed by atoms with Crippen LogP contribution in [0.1, 0.15) is 33.3 Å². The smallest absolute Gasteiger partial charge is 0.286 e. The Labute approximate surface area is 108 Å². The van der Waals surface area contributed by atoms with Gasteiger partial charge in [0, 0.05) is 17.0 Å². The third-order valence-corrected chi connectivity index (χ3v) is 3.44. The van der Waals surface area contributed by atoms with Gasteiger partial charge in [-0.05, 0) is 58.5 Å². The van der Waals surface area contributed by atoms with Crippen molar-refractivity contribution in [2.45, 2.75) is 51.6 Å². The highest BCUT2D eigenvalue weighted by Crippen LogP contribution is 2.24. The summed E-state index contributed by atoms with van der Waals surface area (Å²) in [5.41, 5.74) is 1.21. The van der Waals surface area contributed by atoms with Gasteiger partial charge >= 0.3 is 0 Å². The summed E-state index contributed by atoms with van der Waals surface area (Å²) in [4.78, 5) is 15.1. The van der Waals surface area contributed by atoms with Crippen LogP contribution in [0.4, 0.5) is 4.79 Å². The van der Waals surface area contributed by atoms with E-state index in [1.165, 1.54) is 17.3 Å². The lowest BCUT2D eigenvalue weighted by molar-refractivity contribution is 0.190. The molecule has 0 atom stereocenters. The van der Waals surface area contributed by atoms with Gasteiger partial charge in [-0.1, -0.05) is 17.7 Å². The Hall–Kier alpha value is -0.960. The molecule has 0 heterocycles. The molecule has 1 amide bonds. The van der Waals surface area contributed by atoms with E-state index in [2.05, 4.69) is 0 Å². The zero-order valence-corrected chi connectivity index (χ0v) is 12.0. The van der Waals surface area contributed by atoms with Gasteiger partial charge in [-0.3, -0.25) is 4.79 Å².